The Kier molecular flexibility index (Phi) is 4.99. The molecule has 4 heteroatoms. The van der Waals surface area contributed by atoms with Crippen LogP contribution in [0.2, 0.25) is 0 Å². The molecule has 0 unspecified atom stereocenters. The highest BCUT2D eigenvalue weighted by Crippen LogP contribution is 2.32. The van der Waals surface area contributed by atoms with Gasteiger partial charge in [0.05, 0.1) is 12.0 Å². The maximum absolute atomic E-state index is 4.32. The van der Waals surface area contributed by atoms with Gasteiger partial charge in [-0.15, -0.1) is 0 Å². The maximum Gasteiger partial charge on any atom is 0.0948 e. The fraction of sp³-hybridized carbons (Fsp3) is 0.800. The van der Waals surface area contributed by atoms with E-state index in [1.54, 1.807) is 0 Å². The number of aromatic nitrogens is 2. The van der Waals surface area contributed by atoms with Gasteiger partial charge in [0.2, 0.25) is 0 Å². The molecule has 1 saturated heterocycles. The molecule has 0 saturated carbocycles. The minimum Gasteiger partial charge on any atom is -0.333 e. The SMILES string of the molecule is CCCNCc1cncn1CC1(C)CCN(C)CC1. The van der Waals surface area contributed by atoms with E-state index in [4.69, 9.17) is 0 Å². The molecule has 19 heavy (non-hydrogen) atoms. The first-order valence-electron chi connectivity index (χ1n) is 7.51. The summed E-state index contributed by atoms with van der Waals surface area (Å²) in [6, 6.07) is 0. The summed E-state index contributed by atoms with van der Waals surface area (Å²) in [7, 11) is 2.22. The summed E-state index contributed by atoms with van der Waals surface area (Å²) in [6.07, 6.45) is 7.73. The number of piperidine rings is 1. The summed E-state index contributed by atoms with van der Waals surface area (Å²) in [5, 5.41) is 3.47. The van der Waals surface area contributed by atoms with E-state index < -0.39 is 0 Å². The van der Waals surface area contributed by atoms with Gasteiger partial charge in [-0.3, -0.25) is 0 Å². The average molecular weight is 264 g/mol. The van der Waals surface area contributed by atoms with Gasteiger partial charge in [0, 0.05) is 19.3 Å². The predicted octanol–water partition coefficient (Wildman–Crippen LogP) is 2.11. The van der Waals surface area contributed by atoms with Crippen LogP contribution in [0.25, 0.3) is 0 Å². The van der Waals surface area contributed by atoms with Gasteiger partial charge >= 0.3 is 0 Å². The maximum atomic E-state index is 4.32. The highest BCUT2D eigenvalue weighted by atomic mass is 15.1. The fourth-order valence-electron chi connectivity index (χ4n) is 2.76. The molecule has 0 radical (unpaired) electrons. The standard InChI is InChI=1S/C15H28N4/c1-4-7-16-10-14-11-17-13-19(14)12-15(2)5-8-18(3)9-6-15/h11,13,16H,4-10,12H2,1-3H3. The van der Waals surface area contributed by atoms with Crippen molar-refractivity contribution in [1.29, 1.82) is 0 Å². The van der Waals surface area contributed by atoms with Crippen LogP contribution < -0.4 is 5.32 Å². The van der Waals surface area contributed by atoms with Crippen molar-refractivity contribution >= 4 is 0 Å². The third-order valence-electron chi connectivity index (χ3n) is 4.28. The molecule has 2 rings (SSSR count). The molecule has 0 aliphatic carbocycles. The van der Waals surface area contributed by atoms with Crippen LogP contribution in [0.15, 0.2) is 12.5 Å². The molecule has 0 amide bonds. The van der Waals surface area contributed by atoms with Crippen LogP contribution in [-0.2, 0) is 13.1 Å². The summed E-state index contributed by atoms with van der Waals surface area (Å²) < 4.78 is 2.34. The molecule has 1 aliphatic rings. The number of hydrogen-bond donors (Lipinski definition) is 1. The smallest absolute Gasteiger partial charge is 0.0948 e. The Bertz CT molecular complexity index is 377. The van der Waals surface area contributed by atoms with Crippen LogP contribution in [-0.4, -0.2) is 41.1 Å². The van der Waals surface area contributed by atoms with Crippen LogP contribution in [0.5, 0.6) is 0 Å². The number of imidazole rings is 1. The minimum absolute atomic E-state index is 0.423. The Morgan fingerprint density at radius 3 is 2.79 bits per heavy atom. The van der Waals surface area contributed by atoms with E-state index in [9.17, 15) is 0 Å². The molecule has 4 nitrogen and oxygen atoms in total. The van der Waals surface area contributed by atoms with Crippen LogP contribution in [0, 0.1) is 5.41 Å². The highest BCUT2D eigenvalue weighted by Gasteiger charge is 2.29. The third-order valence-corrected chi connectivity index (χ3v) is 4.28. The van der Waals surface area contributed by atoms with Gasteiger partial charge in [0.15, 0.2) is 0 Å². The first-order valence-corrected chi connectivity index (χ1v) is 7.51. The van der Waals surface area contributed by atoms with Crippen molar-refractivity contribution < 1.29 is 0 Å². The third kappa shape index (κ3) is 4.05. The van der Waals surface area contributed by atoms with Gasteiger partial charge in [-0.05, 0) is 51.4 Å². The van der Waals surface area contributed by atoms with Gasteiger partial charge in [0.25, 0.3) is 0 Å². The van der Waals surface area contributed by atoms with E-state index in [0.717, 1.165) is 19.6 Å². The average Bonchev–Trinajstić information content (AvgIpc) is 2.81. The van der Waals surface area contributed by atoms with E-state index in [-0.39, 0.29) is 0 Å². The van der Waals surface area contributed by atoms with Crippen molar-refractivity contribution in [3.63, 3.8) is 0 Å². The summed E-state index contributed by atoms with van der Waals surface area (Å²) in [5.41, 5.74) is 1.74. The molecule has 0 aromatic carbocycles. The number of hydrogen-bond acceptors (Lipinski definition) is 3. The van der Waals surface area contributed by atoms with Crippen molar-refractivity contribution in [2.45, 2.75) is 46.2 Å². The van der Waals surface area contributed by atoms with Crippen molar-refractivity contribution in [3.8, 4) is 0 Å². The van der Waals surface area contributed by atoms with Gasteiger partial charge in [-0.25, -0.2) is 4.98 Å². The normalized spacial score (nSPS) is 19.7. The second-order valence-corrected chi connectivity index (χ2v) is 6.30. The lowest BCUT2D eigenvalue weighted by Crippen LogP contribution is -2.38. The van der Waals surface area contributed by atoms with Gasteiger partial charge in [-0.2, -0.15) is 0 Å². The first-order chi connectivity index (χ1) is 9.13. The summed E-state index contributed by atoms with van der Waals surface area (Å²) in [5.74, 6) is 0. The molecule has 1 fully saturated rings. The van der Waals surface area contributed by atoms with Crippen molar-refractivity contribution in [1.82, 2.24) is 19.8 Å². The summed E-state index contributed by atoms with van der Waals surface area (Å²) in [6.45, 7) is 10.2. The zero-order valence-electron chi connectivity index (χ0n) is 12.7. The van der Waals surface area contributed by atoms with E-state index in [1.165, 1.54) is 38.0 Å². The Morgan fingerprint density at radius 2 is 2.11 bits per heavy atom. The highest BCUT2D eigenvalue weighted by molar-refractivity contribution is 4.99. The van der Waals surface area contributed by atoms with Crippen LogP contribution in [0.3, 0.4) is 0 Å². The van der Waals surface area contributed by atoms with E-state index in [2.05, 4.69) is 40.7 Å². The molecule has 2 heterocycles. The molecule has 0 bridgehead atoms. The zero-order valence-corrected chi connectivity index (χ0v) is 12.7. The topological polar surface area (TPSA) is 33.1 Å². The number of rotatable bonds is 6. The minimum atomic E-state index is 0.423. The van der Waals surface area contributed by atoms with E-state index in [0.29, 0.717) is 5.41 Å². The van der Waals surface area contributed by atoms with Crippen molar-refractivity contribution in [2.75, 3.05) is 26.7 Å². The molecule has 1 N–H and O–H groups in total. The second kappa shape index (κ2) is 6.53. The van der Waals surface area contributed by atoms with Crippen molar-refractivity contribution in [2.24, 2.45) is 5.41 Å². The lowest BCUT2D eigenvalue weighted by Gasteiger charge is -2.38. The molecule has 1 aliphatic heterocycles. The largest absolute Gasteiger partial charge is 0.333 e. The Hall–Kier alpha value is -0.870. The molecule has 0 atom stereocenters. The number of nitrogens with zero attached hydrogens (tertiary/aromatic N) is 3. The fourth-order valence-corrected chi connectivity index (χ4v) is 2.76. The Balaban J connectivity index is 1.93. The molecule has 0 spiro atoms. The second-order valence-electron chi connectivity index (χ2n) is 6.30. The molecular weight excluding hydrogens is 236 g/mol. The van der Waals surface area contributed by atoms with E-state index >= 15 is 0 Å². The van der Waals surface area contributed by atoms with Gasteiger partial charge in [-0.1, -0.05) is 13.8 Å². The lowest BCUT2D eigenvalue weighted by atomic mass is 9.80. The molecule has 1 aromatic heterocycles. The van der Waals surface area contributed by atoms with Crippen LogP contribution in [0.4, 0.5) is 0 Å². The first kappa shape index (κ1) is 14.5. The van der Waals surface area contributed by atoms with E-state index in [1.807, 2.05) is 12.5 Å². The van der Waals surface area contributed by atoms with Gasteiger partial charge in [0.1, 0.15) is 0 Å². The molecular formula is C15H28N4. The monoisotopic (exact) mass is 264 g/mol. The molecule has 108 valence electrons. The lowest BCUT2D eigenvalue weighted by molar-refractivity contribution is 0.119. The van der Waals surface area contributed by atoms with Crippen LogP contribution >= 0.6 is 0 Å². The zero-order chi connectivity index (χ0) is 13.7. The van der Waals surface area contributed by atoms with Gasteiger partial charge < -0.3 is 14.8 Å². The molecule has 1 aromatic rings. The Labute approximate surface area is 117 Å². The Morgan fingerprint density at radius 1 is 1.37 bits per heavy atom. The number of likely N-dealkylation sites (tertiary alicyclic amines) is 1. The van der Waals surface area contributed by atoms with Crippen LogP contribution in [0.1, 0.15) is 38.8 Å². The summed E-state index contributed by atoms with van der Waals surface area (Å²) in [4.78, 5) is 6.75. The predicted molar refractivity (Wildman–Crippen MR) is 79.1 cm³/mol. The van der Waals surface area contributed by atoms with Crippen molar-refractivity contribution in [3.05, 3.63) is 18.2 Å². The summed E-state index contributed by atoms with van der Waals surface area (Å²) >= 11 is 0. The number of nitrogens with one attached hydrogen (secondary N) is 1. The quantitative estimate of drug-likeness (QED) is 0.799.